The largest absolute Gasteiger partial charge is 0.384 e. The Morgan fingerprint density at radius 3 is 1.67 bits per heavy atom. The summed E-state index contributed by atoms with van der Waals surface area (Å²) in [6, 6.07) is 0. The fraction of sp³-hybridized carbons (Fsp3) is 1.00. The Morgan fingerprint density at radius 1 is 0.762 bits per heavy atom. The van der Waals surface area contributed by atoms with Crippen LogP contribution >= 0.6 is 0 Å². The van der Waals surface area contributed by atoms with Crippen molar-refractivity contribution >= 4 is 0 Å². The van der Waals surface area contributed by atoms with Gasteiger partial charge in [0, 0.05) is 19.6 Å². The second-order valence-corrected chi connectivity index (χ2v) is 7.67. The summed E-state index contributed by atoms with van der Waals surface area (Å²) in [6.07, 6.45) is 9.57. The topological polar surface area (TPSA) is 27.7 Å². The summed E-state index contributed by atoms with van der Waals surface area (Å²) in [7, 11) is 3.54. The molecule has 0 atom stereocenters. The summed E-state index contributed by atoms with van der Waals surface area (Å²) < 4.78 is 17.4. The molecule has 0 aromatic heterocycles. The predicted octanol–water partition coefficient (Wildman–Crippen LogP) is 4.44. The molecule has 0 amide bonds. The summed E-state index contributed by atoms with van der Waals surface area (Å²) in [5.74, 6) is 0. The monoisotopic (exact) mass is 300 g/mol. The molecule has 0 radical (unpaired) electrons. The van der Waals surface area contributed by atoms with Crippen LogP contribution in [-0.2, 0) is 14.2 Å². The lowest BCUT2D eigenvalue weighted by molar-refractivity contribution is -0.126. The van der Waals surface area contributed by atoms with E-state index in [1.807, 2.05) is 0 Å². The van der Waals surface area contributed by atoms with Crippen LogP contribution in [0.15, 0.2) is 0 Å². The lowest BCUT2D eigenvalue weighted by atomic mass is 9.68. The summed E-state index contributed by atoms with van der Waals surface area (Å²) in [6.45, 7) is 8.85. The van der Waals surface area contributed by atoms with Crippen LogP contribution in [0.2, 0.25) is 0 Å². The van der Waals surface area contributed by atoms with Gasteiger partial charge in [-0.3, -0.25) is 0 Å². The minimum Gasteiger partial charge on any atom is -0.384 e. The molecule has 0 heterocycles. The lowest BCUT2D eigenvalue weighted by Crippen LogP contribution is -2.48. The number of hydrogen-bond donors (Lipinski definition) is 0. The molecule has 0 aliphatic heterocycles. The molecular formula is C18H36O3. The highest BCUT2D eigenvalue weighted by atomic mass is 16.5. The van der Waals surface area contributed by atoms with Gasteiger partial charge in [-0.15, -0.1) is 0 Å². The number of rotatable bonds is 7. The number of methoxy groups -OCH3 is 2. The fourth-order valence-electron chi connectivity index (χ4n) is 3.19. The molecule has 1 rings (SSSR count). The zero-order valence-corrected chi connectivity index (χ0v) is 14.9. The Balaban J connectivity index is 2.66. The Hall–Kier alpha value is -0.120. The van der Waals surface area contributed by atoms with E-state index in [2.05, 4.69) is 20.8 Å². The van der Waals surface area contributed by atoms with Gasteiger partial charge in [0.1, 0.15) is 0 Å². The third-order valence-electron chi connectivity index (χ3n) is 5.08. The maximum absolute atomic E-state index is 6.36. The quantitative estimate of drug-likeness (QED) is 0.695. The van der Waals surface area contributed by atoms with Gasteiger partial charge < -0.3 is 14.2 Å². The van der Waals surface area contributed by atoms with E-state index in [-0.39, 0.29) is 10.8 Å². The third kappa shape index (κ3) is 5.88. The lowest BCUT2D eigenvalue weighted by Gasteiger charge is -2.44. The summed E-state index contributed by atoms with van der Waals surface area (Å²) in [5, 5.41) is 0. The Kier molecular flexibility index (Phi) is 8.22. The molecule has 1 aliphatic carbocycles. The van der Waals surface area contributed by atoms with Crippen molar-refractivity contribution in [1.82, 2.24) is 0 Å². The van der Waals surface area contributed by atoms with E-state index in [1.54, 1.807) is 14.2 Å². The van der Waals surface area contributed by atoms with Crippen molar-refractivity contribution < 1.29 is 14.2 Å². The van der Waals surface area contributed by atoms with Gasteiger partial charge in [-0.05, 0) is 18.3 Å². The first-order valence-electron chi connectivity index (χ1n) is 8.55. The molecule has 0 aromatic rings. The maximum atomic E-state index is 6.36. The van der Waals surface area contributed by atoms with E-state index in [0.717, 1.165) is 6.61 Å². The van der Waals surface area contributed by atoms with Gasteiger partial charge >= 0.3 is 0 Å². The smallest absolute Gasteiger partial charge is 0.0575 e. The molecule has 0 N–H and O–H groups in total. The predicted molar refractivity (Wildman–Crippen MR) is 87.7 cm³/mol. The van der Waals surface area contributed by atoms with Gasteiger partial charge in [0.05, 0.1) is 25.9 Å². The molecule has 0 saturated heterocycles. The van der Waals surface area contributed by atoms with E-state index in [9.17, 15) is 0 Å². The van der Waals surface area contributed by atoms with Crippen LogP contribution in [0.25, 0.3) is 0 Å². The first-order chi connectivity index (χ1) is 9.95. The molecule has 0 unspecified atom stereocenters. The van der Waals surface area contributed by atoms with Gasteiger partial charge in [0.15, 0.2) is 0 Å². The van der Waals surface area contributed by atoms with Gasteiger partial charge in [-0.2, -0.15) is 0 Å². The van der Waals surface area contributed by atoms with Crippen LogP contribution in [0.5, 0.6) is 0 Å². The van der Waals surface area contributed by atoms with E-state index < -0.39 is 0 Å². The van der Waals surface area contributed by atoms with Crippen molar-refractivity contribution in [3.63, 3.8) is 0 Å². The molecule has 3 nitrogen and oxygen atoms in total. The van der Waals surface area contributed by atoms with Crippen LogP contribution in [0.3, 0.4) is 0 Å². The van der Waals surface area contributed by atoms with Gasteiger partial charge in [-0.25, -0.2) is 0 Å². The van der Waals surface area contributed by atoms with Gasteiger partial charge in [0.25, 0.3) is 0 Å². The van der Waals surface area contributed by atoms with Crippen LogP contribution in [-0.4, -0.2) is 40.1 Å². The van der Waals surface area contributed by atoms with Crippen molar-refractivity contribution in [3.05, 3.63) is 0 Å². The minimum absolute atomic E-state index is 0.0840. The summed E-state index contributed by atoms with van der Waals surface area (Å²) in [5.41, 5.74) is -0.000491. The highest BCUT2D eigenvalue weighted by molar-refractivity contribution is 4.91. The first-order valence-corrected chi connectivity index (χ1v) is 8.55. The molecule has 1 saturated carbocycles. The molecule has 0 bridgehead atoms. The molecule has 1 aliphatic rings. The molecule has 1 fully saturated rings. The second kappa shape index (κ2) is 9.12. The Bertz CT molecular complexity index is 256. The molecule has 3 heteroatoms. The van der Waals surface area contributed by atoms with Gasteiger partial charge in [-0.1, -0.05) is 52.9 Å². The molecule has 21 heavy (non-hydrogen) atoms. The minimum atomic E-state index is -0.0845. The average molecular weight is 300 g/mol. The van der Waals surface area contributed by atoms with Crippen LogP contribution in [0.1, 0.15) is 65.7 Å². The third-order valence-corrected chi connectivity index (χ3v) is 5.08. The maximum Gasteiger partial charge on any atom is 0.0575 e. The molecule has 126 valence electrons. The van der Waals surface area contributed by atoms with Crippen LogP contribution in [0, 0.1) is 10.8 Å². The zero-order chi connectivity index (χ0) is 15.8. The second-order valence-electron chi connectivity index (χ2n) is 7.67. The van der Waals surface area contributed by atoms with E-state index >= 15 is 0 Å². The summed E-state index contributed by atoms with van der Waals surface area (Å²) in [4.78, 5) is 0. The van der Waals surface area contributed by atoms with Crippen molar-refractivity contribution in [2.45, 2.75) is 71.8 Å². The van der Waals surface area contributed by atoms with Crippen molar-refractivity contribution in [1.29, 1.82) is 0 Å². The van der Waals surface area contributed by atoms with E-state index in [1.165, 1.54) is 44.9 Å². The Labute approximate surface area is 131 Å². The highest BCUT2D eigenvalue weighted by Crippen LogP contribution is 2.40. The molecular weight excluding hydrogens is 264 g/mol. The summed E-state index contributed by atoms with van der Waals surface area (Å²) >= 11 is 0. The molecule has 0 spiro atoms. The first kappa shape index (κ1) is 18.9. The van der Waals surface area contributed by atoms with Gasteiger partial charge in [0.2, 0.25) is 0 Å². The van der Waals surface area contributed by atoms with Crippen molar-refractivity contribution in [2.24, 2.45) is 10.8 Å². The van der Waals surface area contributed by atoms with Crippen LogP contribution < -0.4 is 0 Å². The van der Waals surface area contributed by atoms with Crippen molar-refractivity contribution in [2.75, 3.05) is 34.0 Å². The number of hydrogen-bond acceptors (Lipinski definition) is 3. The van der Waals surface area contributed by atoms with E-state index in [4.69, 9.17) is 14.2 Å². The normalized spacial score (nSPS) is 19.3. The fourth-order valence-corrected chi connectivity index (χ4v) is 3.19. The highest BCUT2D eigenvalue weighted by Gasteiger charge is 2.43. The zero-order valence-electron chi connectivity index (χ0n) is 14.9. The van der Waals surface area contributed by atoms with E-state index in [0.29, 0.717) is 19.3 Å². The SMILES string of the molecule is COCC(COC)(COC1CCCCCCC1)C(C)(C)C. The van der Waals surface area contributed by atoms with Crippen molar-refractivity contribution in [3.8, 4) is 0 Å². The average Bonchev–Trinajstić information content (AvgIpc) is 2.36. The van der Waals surface area contributed by atoms with Crippen LogP contribution in [0.4, 0.5) is 0 Å². The molecule has 0 aromatic carbocycles. The number of ether oxygens (including phenoxy) is 3. The standard InChI is InChI=1S/C18H36O3/c1-17(2,3)18(13-19-4,14-20-5)15-21-16-11-9-7-6-8-10-12-16/h16H,6-15H2,1-5H3. The Morgan fingerprint density at radius 2 is 1.24 bits per heavy atom.